The standard InChI is InChI=1S/C22H25ClN4O/c1-14-5-8-18-20(27(14)2)10-9-17(15(12-24)13-26-16-6-7-16)21(18)28-22-19(23)4-3-11-25-22/h3-4,9-14,16H,5-8,24H2,1-2H3. The molecule has 28 heavy (non-hydrogen) atoms. The van der Waals surface area contributed by atoms with Gasteiger partial charge in [-0.1, -0.05) is 11.6 Å². The Kier molecular flexibility index (Phi) is 5.27. The monoisotopic (exact) mass is 396 g/mol. The number of nitrogens with zero attached hydrogens (tertiary/aromatic N) is 3. The van der Waals surface area contributed by atoms with Gasteiger partial charge >= 0.3 is 0 Å². The van der Waals surface area contributed by atoms with Crippen molar-refractivity contribution in [1.82, 2.24) is 4.98 Å². The number of benzene rings is 1. The molecule has 2 aromatic rings. The second-order valence-corrected chi connectivity index (χ2v) is 7.87. The highest BCUT2D eigenvalue weighted by molar-refractivity contribution is 6.31. The predicted molar refractivity (Wildman–Crippen MR) is 116 cm³/mol. The van der Waals surface area contributed by atoms with Crippen LogP contribution in [-0.4, -0.2) is 30.3 Å². The molecule has 1 aromatic carbocycles. The fraction of sp³-hybridized carbons (Fsp3) is 0.364. The van der Waals surface area contributed by atoms with Gasteiger partial charge in [0, 0.05) is 54.1 Å². The number of allylic oxidation sites excluding steroid dienone is 1. The first-order valence-corrected chi connectivity index (χ1v) is 10.1. The van der Waals surface area contributed by atoms with Crippen molar-refractivity contribution in [3.05, 3.63) is 52.8 Å². The molecule has 0 bridgehead atoms. The average molecular weight is 397 g/mol. The third-order valence-corrected chi connectivity index (χ3v) is 5.76. The molecule has 4 rings (SSSR count). The largest absolute Gasteiger partial charge is 0.437 e. The first kappa shape index (κ1) is 18.8. The van der Waals surface area contributed by atoms with E-state index in [0.717, 1.165) is 48.1 Å². The van der Waals surface area contributed by atoms with Gasteiger partial charge in [0.15, 0.2) is 0 Å². The summed E-state index contributed by atoms with van der Waals surface area (Å²) >= 11 is 6.32. The molecule has 1 saturated carbocycles. The van der Waals surface area contributed by atoms with Gasteiger partial charge < -0.3 is 15.4 Å². The zero-order valence-electron chi connectivity index (χ0n) is 16.2. The van der Waals surface area contributed by atoms with Crippen molar-refractivity contribution in [1.29, 1.82) is 0 Å². The van der Waals surface area contributed by atoms with E-state index in [9.17, 15) is 0 Å². The summed E-state index contributed by atoms with van der Waals surface area (Å²) in [5.41, 5.74) is 10.0. The highest BCUT2D eigenvalue weighted by Crippen LogP contribution is 2.43. The summed E-state index contributed by atoms with van der Waals surface area (Å²) in [5, 5.41) is 0.480. The second kappa shape index (κ2) is 7.84. The summed E-state index contributed by atoms with van der Waals surface area (Å²) in [6.45, 7) is 2.24. The molecule has 1 atom stereocenters. The van der Waals surface area contributed by atoms with Crippen molar-refractivity contribution < 1.29 is 4.74 Å². The fourth-order valence-electron chi connectivity index (χ4n) is 3.47. The van der Waals surface area contributed by atoms with E-state index in [-0.39, 0.29) is 0 Å². The molecule has 0 spiro atoms. The summed E-state index contributed by atoms with van der Waals surface area (Å²) < 4.78 is 6.30. The van der Waals surface area contributed by atoms with E-state index < -0.39 is 0 Å². The zero-order valence-corrected chi connectivity index (χ0v) is 17.0. The number of anilines is 1. The van der Waals surface area contributed by atoms with Crippen LogP contribution in [0.2, 0.25) is 5.02 Å². The maximum Gasteiger partial charge on any atom is 0.238 e. The average Bonchev–Trinajstić information content (AvgIpc) is 3.52. The molecule has 146 valence electrons. The Balaban J connectivity index is 1.82. The number of aromatic nitrogens is 1. The van der Waals surface area contributed by atoms with E-state index in [0.29, 0.717) is 23.0 Å². The van der Waals surface area contributed by atoms with Crippen molar-refractivity contribution in [2.24, 2.45) is 10.7 Å². The number of ether oxygens (including phenoxy) is 1. The summed E-state index contributed by atoms with van der Waals surface area (Å²) in [7, 11) is 2.12. The number of aliphatic imine (C=N–C) groups is 1. The van der Waals surface area contributed by atoms with Crippen molar-refractivity contribution in [3.63, 3.8) is 0 Å². The number of pyridine rings is 1. The van der Waals surface area contributed by atoms with Crippen LogP contribution in [0.1, 0.15) is 37.3 Å². The minimum Gasteiger partial charge on any atom is -0.437 e. The molecule has 0 amide bonds. The Morgan fingerprint density at radius 2 is 2.14 bits per heavy atom. The molecule has 0 saturated heterocycles. The maximum atomic E-state index is 6.32. The Hall–Kier alpha value is -2.53. The van der Waals surface area contributed by atoms with Gasteiger partial charge in [0.05, 0.1) is 6.04 Å². The number of hydrogen-bond acceptors (Lipinski definition) is 5. The van der Waals surface area contributed by atoms with E-state index in [4.69, 9.17) is 22.1 Å². The normalized spacial score (nSPS) is 19.8. The quantitative estimate of drug-likeness (QED) is 0.735. The summed E-state index contributed by atoms with van der Waals surface area (Å²) in [6.07, 6.45) is 9.40. The SMILES string of the molecule is CC1CCc2c(ccc(C(C=NC3CC3)=CN)c2Oc2ncccc2Cl)N1C. The van der Waals surface area contributed by atoms with Crippen LogP contribution >= 0.6 is 11.6 Å². The molecule has 2 heterocycles. The third-order valence-electron chi connectivity index (χ3n) is 5.47. The lowest BCUT2D eigenvalue weighted by molar-refractivity contribution is 0.450. The minimum atomic E-state index is 0.399. The van der Waals surface area contributed by atoms with E-state index in [1.165, 1.54) is 5.69 Å². The molecule has 6 heteroatoms. The molecule has 1 aliphatic heterocycles. The van der Waals surface area contributed by atoms with Crippen LogP contribution in [0.3, 0.4) is 0 Å². The topological polar surface area (TPSA) is 63.7 Å². The van der Waals surface area contributed by atoms with Gasteiger partial charge in [0.25, 0.3) is 0 Å². The zero-order chi connectivity index (χ0) is 19.7. The second-order valence-electron chi connectivity index (χ2n) is 7.46. The number of nitrogens with two attached hydrogens (primary N) is 1. The van der Waals surface area contributed by atoms with Crippen LogP contribution in [0.15, 0.2) is 41.7 Å². The van der Waals surface area contributed by atoms with Crippen molar-refractivity contribution >= 4 is 29.1 Å². The van der Waals surface area contributed by atoms with Gasteiger partial charge in [-0.3, -0.25) is 4.99 Å². The van der Waals surface area contributed by atoms with Crippen molar-refractivity contribution in [2.75, 3.05) is 11.9 Å². The molecular weight excluding hydrogens is 372 g/mol. The van der Waals surface area contributed by atoms with Crippen LogP contribution in [0.25, 0.3) is 5.57 Å². The summed E-state index contributed by atoms with van der Waals surface area (Å²) in [6, 6.07) is 8.67. The molecule has 1 fully saturated rings. The molecule has 1 unspecified atom stereocenters. The van der Waals surface area contributed by atoms with E-state index in [1.807, 2.05) is 6.21 Å². The highest BCUT2D eigenvalue weighted by Gasteiger charge is 2.27. The molecule has 5 nitrogen and oxygen atoms in total. The Bertz CT molecular complexity index is 936. The first-order valence-electron chi connectivity index (χ1n) is 9.71. The Morgan fingerprint density at radius 1 is 1.32 bits per heavy atom. The van der Waals surface area contributed by atoms with Gasteiger partial charge in [-0.25, -0.2) is 4.98 Å². The lowest BCUT2D eigenvalue weighted by Gasteiger charge is -2.35. The number of halogens is 1. The molecule has 2 aliphatic rings. The van der Waals surface area contributed by atoms with Gasteiger partial charge in [0.2, 0.25) is 5.88 Å². The van der Waals surface area contributed by atoms with Crippen LogP contribution in [0, 0.1) is 0 Å². The number of hydrogen-bond donors (Lipinski definition) is 1. The summed E-state index contributed by atoms with van der Waals surface area (Å²) in [4.78, 5) is 11.2. The predicted octanol–water partition coefficient (Wildman–Crippen LogP) is 4.83. The molecule has 1 aliphatic carbocycles. The lowest BCUT2D eigenvalue weighted by Crippen LogP contribution is -2.33. The Morgan fingerprint density at radius 3 is 2.86 bits per heavy atom. The van der Waals surface area contributed by atoms with E-state index >= 15 is 0 Å². The van der Waals surface area contributed by atoms with Gasteiger partial charge in [-0.15, -0.1) is 0 Å². The van der Waals surface area contributed by atoms with Crippen LogP contribution < -0.4 is 15.4 Å². The van der Waals surface area contributed by atoms with E-state index in [1.54, 1.807) is 24.5 Å². The smallest absolute Gasteiger partial charge is 0.238 e. The Labute approximate surface area is 170 Å². The van der Waals surface area contributed by atoms with Crippen LogP contribution in [0.5, 0.6) is 11.6 Å². The fourth-order valence-corrected chi connectivity index (χ4v) is 3.63. The minimum absolute atomic E-state index is 0.399. The van der Waals surface area contributed by atoms with Gasteiger partial charge in [0.1, 0.15) is 10.8 Å². The van der Waals surface area contributed by atoms with Gasteiger partial charge in [-0.2, -0.15) is 0 Å². The first-order chi connectivity index (χ1) is 13.6. The number of fused-ring (bicyclic) bond motifs is 1. The van der Waals surface area contributed by atoms with Crippen molar-refractivity contribution in [2.45, 2.75) is 44.7 Å². The van der Waals surface area contributed by atoms with Gasteiger partial charge in [-0.05, 0) is 56.9 Å². The van der Waals surface area contributed by atoms with Crippen LogP contribution in [0.4, 0.5) is 5.69 Å². The van der Waals surface area contributed by atoms with Crippen molar-refractivity contribution in [3.8, 4) is 11.6 Å². The van der Waals surface area contributed by atoms with E-state index in [2.05, 4.69) is 41.0 Å². The molecule has 0 radical (unpaired) electrons. The van der Waals surface area contributed by atoms with Crippen LogP contribution in [-0.2, 0) is 6.42 Å². The maximum absolute atomic E-state index is 6.32. The third kappa shape index (κ3) is 3.72. The molecule has 1 aromatic heterocycles. The lowest BCUT2D eigenvalue weighted by atomic mass is 9.92. The molecule has 2 N–H and O–H groups in total. The number of rotatable bonds is 5. The highest BCUT2D eigenvalue weighted by atomic mass is 35.5. The molecular formula is C22H25ClN4O. The summed E-state index contributed by atoms with van der Waals surface area (Å²) in [5.74, 6) is 1.16.